The predicted molar refractivity (Wildman–Crippen MR) is 61.1 cm³/mol. The molecule has 0 atom stereocenters. The molecule has 0 fully saturated rings. The average molecular weight is 233 g/mol. The van der Waals surface area contributed by atoms with Gasteiger partial charge in [-0.05, 0) is 18.2 Å². The zero-order valence-corrected chi connectivity index (χ0v) is 9.19. The number of nitrogens with zero attached hydrogens (tertiary/aromatic N) is 1. The van der Waals surface area contributed by atoms with Gasteiger partial charge in [-0.25, -0.2) is 4.79 Å². The van der Waals surface area contributed by atoms with Crippen LogP contribution >= 0.6 is 0 Å². The number of hydrogen-bond donors (Lipinski definition) is 2. The number of anilines is 2. The van der Waals surface area contributed by atoms with Gasteiger partial charge in [0.1, 0.15) is 6.42 Å². The molecule has 0 aliphatic heterocycles. The zero-order chi connectivity index (χ0) is 12.8. The number of rotatable bonds is 3. The average Bonchev–Trinajstić information content (AvgIpc) is 2.31. The largest absolute Gasteiger partial charge is 0.465 e. The van der Waals surface area contributed by atoms with E-state index in [1.165, 1.54) is 25.3 Å². The van der Waals surface area contributed by atoms with Crippen molar-refractivity contribution in [2.75, 3.05) is 18.2 Å². The second-order valence-electron chi connectivity index (χ2n) is 3.18. The van der Waals surface area contributed by atoms with Crippen LogP contribution in [0, 0.1) is 11.3 Å². The van der Waals surface area contributed by atoms with Gasteiger partial charge in [0.05, 0.1) is 30.1 Å². The maximum Gasteiger partial charge on any atom is 0.337 e. The van der Waals surface area contributed by atoms with Crippen molar-refractivity contribution in [1.82, 2.24) is 0 Å². The Morgan fingerprint density at radius 1 is 1.53 bits per heavy atom. The number of carbonyl (C=O) groups excluding carboxylic acids is 2. The standard InChI is InChI=1S/C11H11N3O3/c1-17-11(16)7-2-3-9(8(13)6-7)14-10(15)4-5-12/h2-3,6H,4,13H2,1H3,(H,14,15). The highest BCUT2D eigenvalue weighted by Crippen LogP contribution is 2.20. The Kier molecular flexibility index (Phi) is 4.06. The van der Waals surface area contributed by atoms with Crippen LogP contribution in [0.5, 0.6) is 0 Å². The lowest BCUT2D eigenvalue weighted by Crippen LogP contribution is -2.12. The quantitative estimate of drug-likeness (QED) is 0.596. The Balaban J connectivity index is 2.87. The van der Waals surface area contributed by atoms with Crippen LogP contribution in [0.4, 0.5) is 11.4 Å². The molecule has 0 aliphatic carbocycles. The van der Waals surface area contributed by atoms with E-state index in [9.17, 15) is 9.59 Å². The molecule has 0 unspecified atom stereocenters. The SMILES string of the molecule is COC(=O)c1ccc(NC(=O)CC#N)c(N)c1. The lowest BCUT2D eigenvalue weighted by Gasteiger charge is -2.07. The molecule has 0 spiro atoms. The van der Waals surface area contributed by atoms with Gasteiger partial charge in [-0.3, -0.25) is 4.79 Å². The lowest BCUT2D eigenvalue weighted by atomic mass is 10.1. The van der Waals surface area contributed by atoms with E-state index in [1.807, 2.05) is 0 Å². The normalized spacial score (nSPS) is 9.18. The molecule has 1 aromatic rings. The summed E-state index contributed by atoms with van der Waals surface area (Å²) in [6, 6.07) is 6.07. The summed E-state index contributed by atoms with van der Waals surface area (Å²) in [7, 11) is 1.27. The molecule has 0 saturated carbocycles. The third-order valence-corrected chi connectivity index (χ3v) is 1.99. The fourth-order valence-corrected chi connectivity index (χ4v) is 1.19. The molecule has 1 amide bonds. The van der Waals surface area contributed by atoms with Gasteiger partial charge >= 0.3 is 5.97 Å². The van der Waals surface area contributed by atoms with Crippen LogP contribution in [0.25, 0.3) is 0 Å². The summed E-state index contributed by atoms with van der Waals surface area (Å²) in [6.07, 6.45) is -0.252. The molecule has 17 heavy (non-hydrogen) atoms. The fraction of sp³-hybridized carbons (Fsp3) is 0.182. The molecule has 0 bridgehead atoms. The molecule has 0 saturated heterocycles. The minimum absolute atomic E-state index is 0.235. The van der Waals surface area contributed by atoms with E-state index in [-0.39, 0.29) is 12.1 Å². The second-order valence-corrected chi connectivity index (χ2v) is 3.18. The Bertz CT molecular complexity index is 491. The van der Waals surface area contributed by atoms with E-state index in [0.29, 0.717) is 11.3 Å². The number of benzene rings is 1. The Morgan fingerprint density at radius 2 is 2.24 bits per heavy atom. The molecule has 6 nitrogen and oxygen atoms in total. The second kappa shape index (κ2) is 5.51. The first-order chi connectivity index (χ1) is 8.08. The van der Waals surface area contributed by atoms with Crippen LogP contribution in [0.1, 0.15) is 16.8 Å². The van der Waals surface area contributed by atoms with Crippen LogP contribution in [0.15, 0.2) is 18.2 Å². The number of methoxy groups -OCH3 is 1. The van der Waals surface area contributed by atoms with E-state index in [2.05, 4.69) is 10.1 Å². The minimum Gasteiger partial charge on any atom is -0.465 e. The van der Waals surface area contributed by atoms with Gasteiger partial charge in [-0.15, -0.1) is 0 Å². The van der Waals surface area contributed by atoms with Gasteiger partial charge in [-0.1, -0.05) is 0 Å². The molecule has 0 heterocycles. The van der Waals surface area contributed by atoms with Gasteiger partial charge in [0.2, 0.25) is 5.91 Å². The van der Waals surface area contributed by atoms with E-state index in [0.717, 1.165) is 0 Å². The summed E-state index contributed by atoms with van der Waals surface area (Å²) in [6.45, 7) is 0. The minimum atomic E-state index is -0.508. The number of carbonyl (C=O) groups is 2. The Morgan fingerprint density at radius 3 is 2.76 bits per heavy atom. The molecule has 1 rings (SSSR count). The monoisotopic (exact) mass is 233 g/mol. The number of nitriles is 1. The number of nitrogens with two attached hydrogens (primary N) is 1. The summed E-state index contributed by atoms with van der Waals surface area (Å²) in [5, 5.41) is 10.8. The van der Waals surface area contributed by atoms with Crippen molar-refractivity contribution >= 4 is 23.3 Å². The molecule has 0 aromatic heterocycles. The molecule has 0 radical (unpaired) electrons. The molecular weight excluding hydrogens is 222 g/mol. The van der Waals surface area contributed by atoms with Gasteiger partial charge in [0, 0.05) is 0 Å². The van der Waals surface area contributed by atoms with Gasteiger partial charge in [0.15, 0.2) is 0 Å². The number of nitrogen functional groups attached to an aromatic ring is 1. The van der Waals surface area contributed by atoms with Crippen molar-refractivity contribution in [2.45, 2.75) is 6.42 Å². The molecular formula is C11H11N3O3. The number of nitrogens with one attached hydrogen (secondary N) is 1. The lowest BCUT2D eigenvalue weighted by molar-refractivity contribution is -0.115. The first-order valence-corrected chi connectivity index (χ1v) is 4.73. The zero-order valence-electron chi connectivity index (χ0n) is 9.19. The van der Waals surface area contributed by atoms with Crippen molar-refractivity contribution in [3.8, 4) is 6.07 Å². The topological polar surface area (TPSA) is 105 Å². The number of esters is 1. The maximum absolute atomic E-state index is 11.2. The fourth-order valence-electron chi connectivity index (χ4n) is 1.19. The summed E-state index contributed by atoms with van der Waals surface area (Å²) < 4.78 is 4.53. The van der Waals surface area contributed by atoms with Crippen LogP contribution in [0.2, 0.25) is 0 Å². The highest BCUT2D eigenvalue weighted by atomic mass is 16.5. The number of amides is 1. The summed E-state index contributed by atoms with van der Waals surface area (Å²) in [5.74, 6) is -0.961. The first-order valence-electron chi connectivity index (χ1n) is 4.73. The third kappa shape index (κ3) is 3.21. The van der Waals surface area contributed by atoms with Gasteiger partial charge < -0.3 is 15.8 Å². The molecule has 1 aromatic carbocycles. The van der Waals surface area contributed by atoms with Gasteiger partial charge in [0.25, 0.3) is 0 Å². The van der Waals surface area contributed by atoms with E-state index in [1.54, 1.807) is 6.07 Å². The van der Waals surface area contributed by atoms with Crippen molar-refractivity contribution in [2.24, 2.45) is 0 Å². The van der Waals surface area contributed by atoms with Crippen molar-refractivity contribution in [1.29, 1.82) is 5.26 Å². The number of ether oxygens (including phenoxy) is 1. The Hall–Kier alpha value is -2.55. The summed E-state index contributed by atoms with van der Waals surface area (Å²) in [5.41, 5.74) is 6.54. The van der Waals surface area contributed by atoms with E-state index in [4.69, 9.17) is 11.0 Å². The third-order valence-electron chi connectivity index (χ3n) is 1.99. The smallest absolute Gasteiger partial charge is 0.337 e. The highest BCUT2D eigenvalue weighted by molar-refractivity contribution is 5.97. The van der Waals surface area contributed by atoms with Gasteiger partial charge in [-0.2, -0.15) is 5.26 Å². The van der Waals surface area contributed by atoms with Crippen molar-refractivity contribution < 1.29 is 14.3 Å². The highest BCUT2D eigenvalue weighted by Gasteiger charge is 2.09. The summed E-state index contributed by atoms with van der Waals surface area (Å²) >= 11 is 0. The van der Waals surface area contributed by atoms with E-state index < -0.39 is 11.9 Å². The Labute approximate surface area is 98.0 Å². The van der Waals surface area contributed by atoms with E-state index >= 15 is 0 Å². The first kappa shape index (κ1) is 12.5. The molecule has 3 N–H and O–H groups in total. The van der Waals surface area contributed by atoms with Crippen molar-refractivity contribution in [3.05, 3.63) is 23.8 Å². The predicted octanol–water partition coefficient (Wildman–Crippen LogP) is 0.908. The molecule has 88 valence electrons. The maximum atomic E-state index is 11.2. The molecule has 6 heteroatoms. The number of hydrogen-bond acceptors (Lipinski definition) is 5. The van der Waals surface area contributed by atoms with Crippen LogP contribution < -0.4 is 11.1 Å². The molecule has 0 aliphatic rings. The van der Waals surface area contributed by atoms with Crippen LogP contribution in [0.3, 0.4) is 0 Å². The van der Waals surface area contributed by atoms with Crippen LogP contribution in [-0.2, 0) is 9.53 Å². The van der Waals surface area contributed by atoms with Crippen LogP contribution in [-0.4, -0.2) is 19.0 Å². The van der Waals surface area contributed by atoms with Crippen molar-refractivity contribution in [3.63, 3.8) is 0 Å². The summed E-state index contributed by atoms with van der Waals surface area (Å²) in [4.78, 5) is 22.4.